The van der Waals surface area contributed by atoms with E-state index in [9.17, 15) is 18.5 Å². The van der Waals surface area contributed by atoms with Crippen molar-refractivity contribution in [1.82, 2.24) is 4.31 Å². The summed E-state index contributed by atoms with van der Waals surface area (Å²) < 4.78 is 32.5. The van der Waals surface area contributed by atoms with Gasteiger partial charge in [0, 0.05) is 18.7 Å². The molecule has 8 heteroatoms. The molecule has 1 atom stereocenters. The Morgan fingerprint density at radius 3 is 2.48 bits per heavy atom. The van der Waals surface area contributed by atoms with Crippen molar-refractivity contribution in [3.8, 4) is 5.75 Å². The summed E-state index contributed by atoms with van der Waals surface area (Å²) in [5, 5.41) is 11.2. The van der Waals surface area contributed by atoms with Crippen molar-refractivity contribution in [1.29, 1.82) is 0 Å². The predicted molar refractivity (Wildman–Crippen MR) is 94.1 cm³/mol. The second-order valence-electron chi connectivity index (χ2n) is 5.39. The van der Waals surface area contributed by atoms with Gasteiger partial charge in [-0.1, -0.05) is 31.2 Å². The van der Waals surface area contributed by atoms with Crippen molar-refractivity contribution in [2.75, 3.05) is 13.7 Å². The topological polar surface area (TPSA) is 89.8 Å². The van der Waals surface area contributed by atoms with Gasteiger partial charge in [-0.15, -0.1) is 0 Å². The first kappa shape index (κ1) is 18.9. The molecule has 0 saturated carbocycles. The Bertz CT molecular complexity index is 867. The summed E-state index contributed by atoms with van der Waals surface area (Å²) in [5.74, 6) is 0.614. The molecule has 0 spiro atoms. The fourth-order valence-electron chi connectivity index (χ4n) is 2.67. The summed E-state index contributed by atoms with van der Waals surface area (Å²) in [4.78, 5) is 10.2. The number of rotatable bonds is 7. The van der Waals surface area contributed by atoms with Gasteiger partial charge in [0.2, 0.25) is 10.0 Å². The monoisotopic (exact) mass is 364 g/mol. The fourth-order valence-corrected chi connectivity index (χ4v) is 4.46. The van der Waals surface area contributed by atoms with Crippen LogP contribution < -0.4 is 4.74 Å². The third-order valence-electron chi connectivity index (χ3n) is 3.97. The van der Waals surface area contributed by atoms with Gasteiger partial charge in [-0.3, -0.25) is 10.1 Å². The van der Waals surface area contributed by atoms with Crippen LogP contribution in [0, 0.1) is 10.1 Å². The maximum absolute atomic E-state index is 13.0. The Morgan fingerprint density at radius 1 is 1.20 bits per heavy atom. The molecule has 0 saturated heterocycles. The van der Waals surface area contributed by atoms with Gasteiger partial charge in [0.15, 0.2) is 4.90 Å². The Kier molecular flexibility index (Phi) is 5.76. The van der Waals surface area contributed by atoms with E-state index in [1.807, 2.05) is 0 Å². The number of sulfonamides is 1. The first-order valence-electron chi connectivity index (χ1n) is 7.72. The molecule has 0 fully saturated rings. The summed E-state index contributed by atoms with van der Waals surface area (Å²) >= 11 is 0. The van der Waals surface area contributed by atoms with Gasteiger partial charge in [0.05, 0.1) is 12.0 Å². The molecule has 0 aliphatic heterocycles. The van der Waals surface area contributed by atoms with E-state index >= 15 is 0 Å². The number of nitro benzene ring substituents is 1. The third kappa shape index (κ3) is 3.80. The standard InChI is InChI=1S/C17H20N2O5S/c1-4-18(13(2)14-8-7-9-15(12-14)24-3)25(22,23)17-11-6-5-10-16(17)19(20)21/h5-13H,4H2,1-3H3/t13-/m0/s1. The van der Waals surface area contributed by atoms with E-state index < -0.39 is 26.7 Å². The highest BCUT2D eigenvalue weighted by Gasteiger charge is 2.33. The average Bonchev–Trinajstić information content (AvgIpc) is 2.62. The van der Waals surface area contributed by atoms with Crippen LogP contribution in [0.4, 0.5) is 5.69 Å². The summed E-state index contributed by atoms with van der Waals surface area (Å²) in [7, 11) is -2.51. The second kappa shape index (κ2) is 7.62. The van der Waals surface area contributed by atoms with Crippen molar-refractivity contribution in [3.05, 3.63) is 64.2 Å². The minimum Gasteiger partial charge on any atom is -0.497 e. The van der Waals surface area contributed by atoms with Crippen LogP contribution in [0.2, 0.25) is 0 Å². The highest BCUT2D eigenvalue weighted by molar-refractivity contribution is 7.89. The van der Waals surface area contributed by atoms with Gasteiger partial charge in [-0.25, -0.2) is 8.42 Å². The smallest absolute Gasteiger partial charge is 0.289 e. The molecule has 0 bridgehead atoms. The summed E-state index contributed by atoms with van der Waals surface area (Å²) in [6.45, 7) is 3.61. The van der Waals surface area contributed by atoms with E-state index in [0.717, 1.165) is 5.56 Å². The lowest BCUT2D eigenvalue weighted by Crippen LogP contribution is -2.33. The third-order valence-corrected chi connectivity index (χ3v) is 6.06. The van der Waals surface area contributed by atoms with Crippen molar-refractivity contribution < 1.29 is 18.1 Å². The van der Waals surface area contributed by atoms with Crippen LogP contribution in [0.3, 0.4) is 0 Å². The Morgan fingerprint density at radius 2 is 1.88 bits per heavy atom. The van der Waals surface area contributed by atoms with Crippen molar-refractivity contribution in [3.63, 3.8) is 0 Å². The average molecular weight is 364 g/mol. The largest absolute Gasteiger partial charge is 0.497 e. The van der Waals surface area contributed by atoms with Gasteiger partial charge in [-0.05, 0) is 30.7 Å². The zero-order valence-electron chi connectivity index (χ0n) is 14.2. The number of nitro groups is 1. The van der Waals surface area contributed by atoms with Gasteiger partial charge >= 0.3 is 0 Å². The maximum Gasteiger partial charge on any atom is 0.289 e. The first-order valence-corrected chi connectivity index (χ1v) is 9.16. The van der Waals surface area contributed by atoms with E-state index in [0.29, 0.717) is 5.75 Å². The fraction of sp³-hybridized carbons (Fsp3) is 0.294. The van der Waals surface area contributed by atoms with Crippen molar-refractivity contribution in [2.24, 2.45) is 0 Å². The Balaban J connectivity index is 2.50. The minimum absolute atomic E-state index is 0.173. The van der Waals surface area contributed by atoms with E-state index in [2.05, 4.69) is 0 Å². The number of para-hydroxylation sites is 1. The van der Waals surface area contributed by atoms with E-state index in [4.69, 9.17) is 4.74 Å². The minimum atomic E-state index is -4.04. The van der Waals surface area contributed by atoms with E-state index in [-0.39, 0.29) is 11.4 Å². The van der Waals surface area contributed by atoms with Crippen LogP contribution >= 0.6 is 0 Å². The number of hydrogen-bond donors (Lipinski definition) is 0. The van der Waals surface area contributed by atoms with Crippen molar-refractivity contribution in [2.45, 2.75) is 24.8 Å². The maximum atomic E-state index is 13.0. The highest BCUT2D eigenvalue weighted by Crippen LogP contribution is 2.32. The molecular formula is C17H20N2O5S. The lowest BCUT2D eigenvalue weighted by atomic mass is 10.1. The van der Waals surface area contributed by atoms with E-state index in [1.165, 1.54) is 35.7 Å². The molecule has 0 aromatic heterocycles. The molecule has 0 radical (unpaired) electrons. The Hall–Kier alpha value is -2.45. The summed E-state index contributed by atoms with van der Waals surface area (Å²) in [6, 6.07) is 11.9. The molecular weight excluding hydrogens is 344 g/mol. The molecule has 134 valence electrons. The molecule has 25 heavy (non-hydrogen) atoms. The number of ether oxygens (including phenoxy) is 1. The molecule has 2 aromatic rings. The SMILES string of the molecule is CCN([C@@H](C)c1cccc(OC)c1)S(=O)(=O)c1ccccc1[N+](=O)[O-]. The Labute approximate surface area is 147 Å². The molecule has 2 rings (SSSR count). The zero-order valence-corrected chi connectivity index (χ0v) is 15.1. The molecule has 0 aliphatic carbocycles. The number of hydrogen-bond acceptors (Lipinski definition) is 5. The van der Waals surface area contributed by atoms with E-state index in [1.54, 1.807) is 38.1 Å². The van der Waals surface area contributed by atoms with Crippen LogP contribution in [-0.2, 0) is 10.0 Å². The lowest BCUT2D eigenvalue weighted by molar-refractivity contribution is -0.387. The van der Waals surface area contributed by atoms with Gasteiger partial charge in [0.25, 0.3) is 5.69 Å². The number of nitrogens with zero attached hydrogens (tertiary/aromatic N) is 2. The van der Waals surface area contributed by atoms with Gasteiger partial charge < -0.3 is 4.74 Å². The highest BCUT2D eigenvalue weighted by atomic mass is 32.2. The molecule has 0 aliphatic rings. The molecule has 0 unspecified atom stereocenters. The van der Waals surface area contributed by atoms with Gasteiger partial charge in [-0.2, -0.15) is 4.31 Å². The summed E-state index contributed by atoms with van der Waals surface area (Å²) in [6.07, 6.45) is 0. The molecule has 7 nitrogen and oxygen atoms in total. The van der Waals surface area contributed by atoms with Crippen LogP contribution in [0.25, 0.3) is 0 Å². The first-order chi connectivity index (χ1) is 11.8. The number of methoxy groups -OCH3 is 1. The second-order valence-corrected chi connectivity index (χ2v) is 7.24. The van der Waals surface area contributed by atoms with Gasteiger partial charge in [0.1, 0.15) is 5.75 Å². The van der Waals surface area contributed by atoms with Crippen LogP contribution in [0.5, 0.6) is 5.75 Å². The van der Waals surface area contributed by atoms with Crippen LogP contribution in [0.15, 0.2) is 53.4 Å². The quantitative estimate of drug-likeness (QED) is 0.555. The zero-order chi connectivity index (χ0) is 18.6. The molecule has 0 N–H and O–H groups in total. The summed E-state index contributed by atoms with van der Waals surface area (Å²) in [5.41, 5.74) is 0.308. The van der Waals surface area contributed by atoms with Crippen LogP contribution in [0.1, 0.15) is 25.5 Å². The lowest BCUT2D eigenvalue weighted by Gasteiger charge is -2.27. The molecule has 2 aromatic carbocycles. The normalized spacial score (nSPS) is 12.8. The van der Waals surface area contributed by atoms with Crippen molar-refractivity contribution >= 4 is 15.7 Å². The molecule has 0 heterocycles. The molecule has 0 amide bonds. The number of benzene rings is 2. The predicted octanol–water partition coefficient (Wildman–Crippen LogP) is 3.38. The van der Waals surface area contributed by atoms with Crippen LogP contribution in [-0.4, -0.2) is 31.3 Å².